The average Bonchev–Trinajstić information content (AvgIpc) is 2.68. The Kier molecular flexibility index (Phi) is 5.69. The van der Waals surface area contributed by atoms with Crippen LogP contribution in [-0.4, -0.2) is 18.6 Å². The van der Waals surface area contributed by atoms with Crippen molar-refractivity contribution in [2.45, 2.75) is 19.9 Å². The van der Waals surface area contributed by atoms with Gasteiger partial charge in [-0.1, -0.05) is 60.7 Å². The first-order chi connectivity index (χ1) is 12.6. The molecule has 0 bridgehead atoms. The monoisotopic (exact) mass is 345 g/mol. The Morgan fingerprint density at radius 3 is 2.19 bits per heavy atom. The molecule has 3 aromatic rings. The number of nitrogens with one attached hydrogen (secondary N) is 1. The van der Waals surface area contributed by atoms with Crippen molar-refractivity contribution in [3.8, 4) is 16.9 Å². The first-order valence-electron chi connectivity index (χ1n) is 8.78. The normalized spacial score (nSPS) is 11.6. The Hall–Kier alpha value is -3.07. The van der Waals surface area contributed by atoms with Crippen molar-refractivity contribution in [3.63, 3.8) is 0 Å². The van der Waals surface area contributed by atoms with E-state index < -0.39 is 0 Å². The molecule has 0 aliphatic heterocycles. The molecular weight excluding hydrogens is 322 g/mol. The largest absolute Gasteiger partial charge is 0.491 e. The van der Waals surface area contributed by atoms with Crippen LogP contribution in [0, 0.1) is 6.92 Å². The summed E-state index contributed by atoms with van der Waals surface area (Å²) in [4.78, 5) is 12.4. The van der Waals surface area contributed by atoms with Crippen LogP contribution >= 0.6 is 0 Å². The molecule has 0 saturated carbocycles. The maximum absolute atomic E-state index is 12.4. The third-order valence-corrected chi connectivity index (χ3v) is 4.21. The fraction of sp³-hybridized carbons (Fsp3) is 0.174. The second-order valence-electron chi connectivity index (χ2n) is 6.39. The summed E-state index contributed by atoms with van der Waals surface area (Å²) in [6, 6.07) is 25.5. The fourth-order valence-electron chi connectivity index (χ4n) is 2.73. The van der Waals surface area contributed by atoms with Gasteiger partial charge in [0.05, 0.1) is 6.04 Å². The van der Waals surface area contributed by atoms with Crippen LogP contribution in [0.3, 0.4) is 0 Å². The lowest BCUT2D eigenvalue weighted by molar-refractivity contribution is 0.0926. The number of hydrogen-bond donors (Lipinski definition) is 1. The summed E-state index contributed by atoms with van der Waals surface area (Å²) < 4.78 is 5.80. The summed E-state index contributed by atoms with van der Waals surface area (Å²) in [5.74, 6) is 0.756. The number of amides is 1. The molecule has 1 amide bonds. The van der Waals surface area contributed by atoms with Crippen LogP contribution in [0.15, 0.2) is 78.9 Å². The molecule has 0 fully saturated rings. The number of hydrogen-bond acceptors (Lipinski definition) is 2. The van der Waals surface area contributed by atoms with E-state index in [1.807, 2.05) is 80.6 Å². The summed E-state index contributed by atoms with van der Waals surface area (Å²) >= 11 is 0. The molecule has 1 N–H and O–H groups in total. The number of carbonyl (C=O) groups is 1. The fourth-order valence-corrected chi connectivity index (χ4v) is 2.73. The number of aryl methyl sites for hydroxylation is 1. The van der Waals surface area contributed by atoms with Gasteiger partial charge in [-0.05, 0) is 48.7 Å². The predicted molar refractivity (Wildman–Crippen MR) is 105 cm³/mol. The molecular formula is C23H23NO2. The van der Waals surface area contributed by atoms with Crippen molar-refractivity contribution in [1.29, 1.82) is 0 Å². The van der Waals surface area contributed by atoms with Crippen LogP contribution in [0.1, 0.15) is 22.8 Å². The van der Waals surface area contributed by atoms with Gasteiger partial charge in [0, 0.05) is 5.56 Å². The first-order valence-corrected chi connectivity index (χ1v) is 8.78. The highest BCUT2D eigenvalue weighted by Crippen LogP contribution is 2.19. The SMILES string of the molecule is Cc1ccccc1OC[C@H](C)NC(=O)c1ccc(-c2ccccc2)cc1. The van der Waals surface area contributed by atoms with E-state index in [0.29, 0.717) is 12.2 Å². The van der Waals surface area contributed by atoms with Crippen LogP contribution in [0.25, 0.3) is 11.1 Å². The molecule has 1 atom stereocenters. The van der Waals surface area contributed by atoms with E-state index in [9.17, 15) is 4.79 Å². The summed E-state index contributed by atoms with van der Waals surface area (Å²) in [7, 11) is 0. The summed E-state index contributed by atoms with van der Waals surface area (Å²) in [6.45, 7) is 4.38. The summed E-state index contributed by atoms with van der Waals surface area (Å²) in [6.07, 6.45) is 0. The highest BCUT2D eigenvalue weighted by Gasteiger charge is 2.11. The van der Waals surface area contributed by atoms with E-state index in [1.54, 1.807) is 0 Å². The van der Waals surface area contributed by atoms with Crippen LogP contribution in [0.4, 0.5) is 0 Å². The quantitative estimate of drug-likeness (QED) is 0.693. The Labute approximate surface area is 154 Å². The molecule has 0 spiro atoms. The minimum Gasteiger partial charge on any atom is -0.491 e. The molecule has 132 valence electrons. The van der Waals surface area contributed by atoms with Crippen LogP contribution in [0.5, 0.6) is 5.75 Å². The number of para-hydroxylation sites is 1. The van der Waals surface area contributed by atoms with Gasteiger partial charge >= 0.3 is 0 Å². The molecule has 0 unspecified atom stereocenters. The molecule has 3 heteroatoms. The lowest BCUT2D eigenvalue weighted by Gasteiger charge is -2.16. The van der Waals surface area contributed by atoms with Gasteiger partial charge in [-0.2, -0.15) is 0 Å². The third-order valence-electron chi connectivity index (χ3n) is 4.21. The summed E-state index contributed by atoms with van der Waals surface area (Å²) in [5, 5.41) is 2.98. The number of ether oxygens (including phenoxy) is 1. The van der Waals surface area contributed by atoms with Crippen molar-refractivity contribution in [3.05, 3.63) is 90.0 Å². The van der Waals surface area contributed by atoms with Crippen molar-refractivity contribution < 1.29 is 9.53 Å². The van der Waals surface area contributed by atoms with Gasteiger partial charge in [-0.15, -0.1) is 0 Å². The second kappa shape index (κ2) is 8.34. The maximum atomic E-state index is 12.4. The third kappa shape index (κ3) is 4.51. The van der Waals surface area contributed by atoms with Crippen LogP contribution in [-0.2, 0) is 0 Å². The Morgan fingerprint density at radius 1 is 0.885 bits per heavy atom. The molecule has 3 rings (SSSR count). The lowest BCUT2D eigenvalue weighted by atomic mass is 10.0. The maximum Gasteiger partial charge on any atom is 0.251 e. The number of carbonyl (C=O) groups excluding carboxylic acids is 1. The van der Waals surface area contributed by atoms with E-state index >= 15 is 0 Å². The van der Waals surface area contributed by atoms with E-state index in [-0.39, 0.29) is 11.9 Å². The van der Waals surface area contributed by atoms with E-state index in [0.717, 1.165) is 22.4 Å². The lowest BCUT2D eigenvalue weighted by Crippen LogP contribution is -2.36. The predicted octanol–water partition coefficient (Wildman–Crippen LogP) is 4.86. The topological polar surface area (TPSA) is 38.3 Å². The van der Waals surface area contributed by atoms with Gasteiger partial charge in [0.25, 0.3) is 5.91 Å². The number of rotatable bonds is 6. The molecule has 3 nitrogen and oxygen atoms in total. The Bertz CT molecular complexity index is 857. The van der Waals surface area contributed by atoms with Crippen molar-refractivity contribution in [1.82, 2.24) is 5.32 Å². The van der Waals surface area contributed by atoms with Crippen LogP contribution < -0.4 is 10.1 Å². The minimum absolute atomic E-state index is 0.0871. The van der Waals surface area contributed by atoms with Crippen molar-refractivity contribution in [2.24, 2.45) is 0 Å². The first kappa shape index (κ1) is 17.7. The Morgan fingerprint density at radius 2 is 1.50 bits per heavy atom. The number of benzene rings is 3. The van der Waals surface area contributed by atoms with E-state index in [2.05, 4.69) is 17.4 Å². The zero-order chi connectivity index (χ0) is 18.4. The molecule has 0 saturated heterocycles. The standard InChI is InChI=1S/C23H23NO2/c1-17-8-6-7-11-22(17)26-16-18(2)24-23(25)21-14-12-20(13-15-21)19-9-4-3-5-10-19/h3-15,18H,16H2,1-2H3,(H,24,25)/t18-/m0/s1. The van der Waals surface area contributed by atoms with E-state index in [1.165, 1.54) is 0 Å². The van der Waals surface area contributed by atoms with Gasteiger partial charge < -0.3 is 10.1 Å². The van der Waals surface area contributed by atoms with Gasteiger partial charge in [0.1, 0.15) is 12.4 Å². The van der Waals surface area contributed by atoms with Gasteiger partial charge in [0.2, 0.25) is 0 Å². The van der Waals surface area contributed by atoms with Crippen molar-refractivity contribution in [2.75, 3.05) is 6.61 Å². The average molecular weight is 345 g/mol. The minimum atomic E-state index is -0.0921. The van der Waals surface area contributed by atoms with Gasteiger partial charge in [-0.3, -0.25) is 4.79 Å². The van der Waals surface area contributed by atoms with Crippen molar-refractivity contribution >= 4 is 5.91 Å². The molecule has 26 heavy (non-hydrogen) atoms. The van der Waals surface area contributed by atoms with Gasteiger partial charge in [0.15, 0.2) is 0 Å². The Balaban J connectivity index is 1.56. The molecule has 0 aliphatic carbocycles. The smallest absolute Gasteiger partial charge is 0.251 e. The second-order valence-corrected chi connectivity index (χ2v) is 6.39. The van der Waals surface area contributed by atoms with Gasteiger partial charge in [-0.25, -0.2) is 0 Å². The molecule has 0 aromatic heterocycles. The highest BCUT2D eigenvalue weighted by atomic mass is 16.5. The zero-order valence-electron chi connectivity index (χ0n) is 15.1. The molecule has 0 aliphatic rings. The molecule has 3 aromatic carbocycles. The highest BCUT2D eigenvalue weighted by molar-refractivity contribution is 5.94. The zero-order valence-corrected chi connectivity index (χ0v) is 15.1. The summed E-state index contributed by atoms with van der Waals surface area (Å²) in [5.41, 5.74) is 3.97. The van der Waals surface area contributed by atoms with E-state index in [4.69, 9.17) is 4.74 Å². The molecule has 0 radical (unpaired) electrons. The van der Waals surface area contributed by atoms with Crippen LogP contribution in [0.2, 0.25) is 0 Å². The molecule has 0 heterocycles.